The molecule has 0 spiro atoms. The number of rotatable bonds is 8. The monoisotopic (exact) mass is 419 g/mol. The van der Waals surface area contributed by atoms with Crippen molar-refractivity contribution in [2.75, 3.05) is 13.2 Å². The summed E-state index contributed by atoms with van der Waals surface area (Å²) in [6, 6.07) is 3.65. The number of carbonyl (C=O) groups is 1. The third-order valence-corrected chi connectivity index (χ3v) is 7.65. The maximum Gasteiger partial charge on any atom is 0.251 e. The van der Waals surface area contributed by atoms with Gasteiger partial charge in [-0.05, 0) is 94.1 Å². The zero-order valence-corrected chi connectivity index (χ0v) is 18.7. The van der Waals surface area contributed by atoms with E-state index < -0.39 is 0 Å². The highest BCUT2D eigenvalue weighted by Gasteiger charge is 2.53. The van der Waals surface area contributed by atoms with Crippen LogP contribution < -0.4 is 14.8 Å². The number of ether oxygens (including phenoxy) is 2. The second-order valence-electron chi connectivity index (χ2n) is 9.54. The first-order valence-corrected chi connectivity index (χ1v) is 11.7. The van der Waals surface area contributed by atoms with Crippen molar-refractivity contribution in [2.45, 2.75) is 71.8 Å². The van der Waals surface area contributed by atoms with Crippen LogP contribution in [0.1, 0.15) is 76.1 Å². The van der Waals surface area contributed by atoms with Gasteiger partial charge in [-0.3, -0.25) is 4.79 Å². The van der Waals surface area contributed by atoms with Crippen LogP contribution in [-0.2, 0) is 0 Å². The quantitative estimate of drug-likeness (QED) is 0.573. The van der Waals surface area contributed by atoms with E-state index >= 15 is 0 Å². The first-order valence-electron chi connectivity index (χ1n) is 11.3. The highest BCUT2D eigenvalue weighted by molar-refractivity contribution is 6.32. The average Bonchev–Trinajstić information content (AvgIpc) is 2.66. The molecule has 1 aromatic carbocycles. The number of benzene rings is 1. The number of hydrogen-bond donors (Lipinski definition) is 1. The van der Waals surface area contributed by atoms with Gasteiger partial charge in [-0.1, -0.05) is 18.5 Å². The van der Waals surface area contributed by atoms with Crippen LogP contribution in [0.2, 0.25) is 5.02 Å². The number of halogens is 1. The van der Waals surface area contributed by atoms with E-state index in [-0.39, 0.29) is 17.4 Å². The Morgan fingerprint density at radius 2 is 1.76 bits per heavy atom. The van der Waals surface area contributed by atoms with Gasteiger partial charge in [0.15, 0.2) is 11.5 Å². The van der Waals surface area contributed by atoms with Crippen LogP contribution in [0.5, 0.6) is 11.5 Å². The lowest BCUT2D eigenvalue weighted by Crippen LogP contribution is -2.55. The van der Waals surface area contributed by atoms with Gasteiger partial charge in [0.1, 0.15) is 0 Å². The molecule has 5 rings (SSSR count). The van der Waals surface area contributed by atoms with Crippen molar-refractivity contribution in [1.82, 2.24) is 5.32 Å². The van der Waals surface area contributed by atoms with Gasteiger partial charge in [0, 0.05) is 11.6 Å². The fourth-order valence-electron chi connectivity index (χ4n) is 6.45. The fourth-order valence-corrected chi connectivity index (χ4v) is 6.71. The van der Waals surface area contributed by atoms with Gasteiger partial charge in [-0.25, -0.2) is 0 Å². The molecule has 160 valence electrons. The Labute approximate surface area is 179 Å². The number of amides is 1. The molecule has 4 bridgehead atoms. The van der Waals surface area contributed by atoms with Crippen LogP contribution in [-0.4, -0.2) is 25.2 Å². The number of carbonyl (C=O) groups excluding carboxylic acids is 1. The van der Waals surface area contributed by atoms with E-state index in [1.807, 2.05) is 13.8 Å². The van der Waals surface area contributed by atoms with Crippen molar-refractivity contribution in [3.05, 3.63) is 22.7 Å². The molecule has 1 N–H and O–H groups in total. The minimum absolute atomic E-state index is 0.0712. The lowest BCUT2D eigenvalue weighted by atomic mass is 9.48. The lowest BCUT2D eigenvalue weighted by Gasteiger charge is -2.59. The first kappa shape index (κ1) is 20.8. The third-order valence-electron chi connectivity index (χ3n) is 7.37. The fraction of sp³-hybridized carbons (Fsp3) is 0.708. The second-order valence-corrected chi connectivity index (χ2v) is 9.95. The van der Waals surface area contributed by atoms with E-state index in [0.29, 0.717) is 35.3 Å². The van der Waals surface area contributed by atoms with Crippen molar-refractivity contribution in [1.29, 1.82) is 0 Å². The molecule has 1 atom stereocenters. The van der Waals surface area contributed by atoms with E-state index in [9.17, 15) is 4.79 Å². The summed E-state index contributed by atoms with van der Waals surface area (Å²) >= 11 is 6.46. The molecule has 1 amide bonds. The largest absolute Gasteiger partial charge is 0.490 e. The Balaban J connectivity index is 1.50. The van der Waals surface area contributed by atoms with E-state index in [4.69, 9.17) is 21.1 Å². The predicted molar refractivity (Wildman–Crippen MR) is 116 cm³/mol. The van der Waals surface area contributed by atoms with Crippen LogP contribution in [0.15, 0.2) is 12.1 Å². The van der Waals surface area contributed by atoms with Crippen molar-refractivity contribution in [2.24, 2.45) is 23.2 Å². The number of hydrogen-bond acceptors (Lipinski definition) is 3. The number of nitrogens with one attached hydrogen (secondary N) is 1. The molecule has 4 aliphatic carbocycles. The van der Waals surface area contributed by atoms with E-state index in [1.54, 1.807) is 12.1 Å². The summed E-state index contributed by atoms with van der Waals surface area (Å²) in [5.41, 5.74) is 0.820. The summed E-state index contributed by atoms with van der Waals surface area (Å²) in [5.74, 6) is 3.61. The SMILES string of the molecule is CCCOc1c(Cl)cc(C(=O)N[C@H](C)C23CC4CC(CC(C4)C2)C3)cc1OCC. The Kier molecular flexibility index (Phi) is 6.02. The van der Waals surface area contributed by atoms with Crippen LogP contribution in [0.3, 0.4) is 0 Å². The molecule has 4 nitrogen and oxygen atoms in total. The van der Waals surface area contributed by atoms with Gasteiger partial charge in [0.05, 0.1) is 18.2 Å². The van der Waals surface area contributed by atoms with Crippen molar-refractivity contribution >= 4 is 17.5 Å². The topological polar surface area (TPSA) is 47.6 Å². The molecule has 5 heteroatoms. The summed E-state index contributed by atoms with van der Waals surface area (Å²) in [4.78, 5) is 13.1. The molecular weight excluding hydrogens is 386 g/mol. The molecular formula is C24H34ClNO3. The second kappa shape index (κ2) is 8.37. The molecule has 0 heterocycles. The molecule has 29 heavy (non-hydrogen) atoms. The maximum atomic E-state index is 13.1. The zero-order valence-electron chi connectivity index (χ0n) is 17.9. The summed E-state index contributed by atoms with van der Waals surface area (Å²) in [6.07, 6.45) is 8.93. The Hall–Kier alpha value is -1.42. The predicted octanol–water partition coefficient (Wildman–Crippen LogP) is 5.86. The van der Waals surface area contributed by atoms with Gasteiger partial charge >= 0.3 is 0 Å². The minimum Gasteiger partial charge on any atom is -0.490 e. The van der Waals surface area contributed by atoms with Crippen molar-refractivity contribution < 1.29 is 14.3 Å². The molecule has 4 saturated carbocycles. The van der Waals surface area contributed by atoms with Gasteiger partial charge in [0.25, 0.3) is 5.91 Å². The van der Waals surface area contributed by atoms with E-state index in [2.05, 4.69) is 12.2 Å². The van der Waals surface area contributed by atoms with Gasteiger partial charge in [-0.2, -0.15) is 0 Å². The average molecular weight is 420 g/mol. The lowest BCUT2D eigenvalue weighted by molar-refractivity contribution is -0.0688. The molecule has 4 fully saturated rings. The summed E-state index contributed by atoms with van der Waals surface area (Å²) in [6.45, 7) is 7.22. The Morgan fingerprint density at radius 3 is 2.31 bits per heavy atom. The van der Waals surface area contributed by atoms with E-state index in [1.165, 1.54) is 38.5 Å². The smallest absolute Gasteiger partial charge is 0.251 e. The van der Waals surface area contributed by atoms with Gasteiger partial charge < -0.3 is 14.8 Å². The maximum absolute atomic E-state index is 13.1. The first-order chi connectivity index (χ1) is 13.9. The van der Waals surface area contributed by atoms with E-state index in [0.717, 1.165) is 24.2 Å². The van der Waals surface area contributed by atoms with Crippen LogP contribution in [0.4, 0.5) is 0 Å². The summed E-state index contributed by atoms with van der Waals surface area (Å²) in [5, 5.41) is 3.75. The molecule has 0 aromatic heterocycles. The molecule has 0 radical (unpaired) electrons. The highest BCUT2D eigenvalue weighted by atomic mass is 35.5. The van der Waals surface area contributed by atoms with Crippen molar-refractivity contribution in [3.63, 3.8) is 0 Å². The van der Waals surface area contributed by atoms with Crippen molar-refractivity contribution in [3.8, 4) is 11.5 Å². The molecule has 0 aliphatic heterocycles. The normalized spacial score (nSPS) is 30.8. The van der Waals surface area contributed by atoms with Gasteiger partial charge in [-0.15, -0.1) is 0 Å². The van der Waals surface area contributed by atoms with Crippen LogP contribution in [0.25, 0.3) is 0 Å². The van der Waals surface area contributed by atoms with Crippen LogP contribution >= 0.6 is 11.6 Å². The van der Waals surface area contributed by atoms with Gasteiger partial charge in [0.2, 0.25) is 0 Å². The standard InChI is InChI=1S/C24H34ClNO3/c1-4-6-29-22-20(25)10-19(11-21(22)28-5-2)23(27)26-15(3)24-12-16-7-17(13-24)9-18(8-16)14-24/h10-11,15-18H,4-9,12-14H2,1-3H3,(H,26,27)/t15-,16?,17?,18?,24?/m1/s1. The zero-order chi connectivity index (χ0) is 20.6. The third kappa shape index (κ3) is 4.10. The molecule has 0 saturated heterocycles. The summed E-state index contributed by atoms with van der Waals surface area (Å²) in [7, 11) is 0. The highest BCUT2D eigenvalue weighted by Crippen LogP contribution is 2.61. The summed E-state index contributed by atoms with van der Waals surface area (Å²) < 4.78 is 11.5. The Bertz CT molecular complexity index is 727. The van der Waals surface area contributed by atoms with Crippen LogP contribution in [0, 0.1) is 23.2 Å². The minimum atomic E-state index is -0.0712. The molecule has 1 aromatic rings. The Morgan fingerprint density at radius 1 is 1.14 bits per heavy atom. The molecule has 4 aliphatic rings. The molecule has 0 unspecified atom stereocenters.